The normalized spacial score (nSPS) is 17.1. The summed E-state index contributed by atoms with van der Waals surface area (Å²) in [6, 6.07) is 6.57. The number of hydrogen-bond donors (Lipinski definition) is 1. The summed E-state index contributed by atoms with van der Waals surface area (Å²) in [4.78, 5) is 4.40. The fraction of sp³-hybridized carbons (Fsp3) is 0.364. The van der Waals surface area contributed by atoms with E-state index in [9.17, 15) is 0 Å². The molecule has 1 saturated carbocycles. The molecule has 2 rings (SSSR count). The van der Waals surface area contributed by atoms with Crippen molar-refractivity contribution in [3.05, 3.63) is 33.8 Å². The summed E-state index contributed by atoms with van der Waals surface area (Å²) in [6.07, 6.45) is 2.38. The van der Waals surface area contributed by atoms with E-state index in [1.807, 2.05) is 12.1 Å². The lowest BCUT2D eigenvalue weighted by Crippen LogP contribution is -2.14. The van der Waals surface area contributed by atoms with E-state index >= 15 is 0 Å². The fourth-order valence-electron chi connectivity index (χ4n) is 1.23. The average molecular weight is 253 g/mol. The third-order valence-corrected chi connectivity index (χ3v) is 3.19. The minimum absolute atomic E-state index is 0.482. The van der Waals surface area contributed by atoms with Crippen molar-refractivity contribution in [3.8, 4) is 0 Å². The van der Waals surface area contributed by atoms with Crippen LogP contribution in [0, 0.1) is 6.92 Å². The second-order valence-electron chi connectivity index (χ2n) is 3.71. The smallest absolute Gasteiger partial charge is 0.125 e. The number of amidine groups is 1. The van der Waals surface area contributed by atoms with Gasteiger partial charge in [-0.15, -0.1) is 0 Å². The summed E-state index contributed by atoms with van der Waals surface area (Å²) in [6.45, 7) is 2.06. The van der Waals surface area contributed by atoms with E-state index < -0.39 is 0 Å². The molecule has 0 radical (unpaired) electrons. The first-order valence-corrected chi connectivity index (χ1v) is 5.56. The summed E-state index contributed by atoms with van der Waals surface area (Å²) in [7, 11) is 0. The van der Waals surface area contributed by atoms with Crippen LogP contribution in [0.5, 0.6) is 0 Å². The summed E-state index contributed by atoms with van der Waals surface area (Å²) in [5.74, 6) is 0.660. The first-order chi connectivity index (χ1) is 6.66. The van der Waals surface area contributed by atoms with Crippen LogP contribution in [0.3, 0.4) is 0 Å². The van der Waals surface area contributed by atoms with Crippen molar-refractivity contribution in [3.63, 3.8) is 0 Å². The zero-order chi connectivity index (χ0) is 10.1. The third-order valence-electron chi connectivity index (χ3n) is 2.34. The predicted octanol–water partition coefficient (Wildman–Crippen LogP) is 2.63. The highest BCUT2D eigenvalue weighted by atomic mass is 79.9. The van der Waals surface area contributed by atoms with Crippen LogP contribution >= 0.6 is 15.9 Å². The minimum atomic E-state index is 0.482. The molecule has 1 aromatic rings. The van der Waals surface area contributed by atoms with E-state index in [1.54, 1.807) is 0 Å². The molecule has 74 valence electrons. The quantitative estimate of drug-likeness (QED) is 0.638. The zero-order valence-corrected chi connectivity index (χ0v) is 9.71. The standard InChI is InChI=1S/C11H13BrN2/c1-7-2-3-8(6-10(7)12)11(13)14-9-4-5-9/h2-3,6,9H,4-5H2,1H3,(H2,13,14). The van der Waals surface area contributed by atoms with E-state index in [1.165, 1.54) is 18.4 Å². The SMILES string of the molecule is Cc1ccc(C(N)=NC2CC2)cc1Br. The Balaban J connectivity index is 2.27. The zero-order valence-electron chi connectivity index (χ0n) is 8.13. The van der Waals surface area contributed by atoms with Crippen molar-refractivity contribution >= 4 is 21.8 Å². The second-order valence-corrected chi connectivity index (χ2v) is 4.56. The van der Waals surface area contributed by atoms with Crippen molar-refractivity contribution in [2.24, 2.45) is 10.7 Å². The molecule has 1 aromatic carbocycles. The summed E-state index contributed by atoms with van der Waals surface area (Å²) < 4.78 is 1.09. The van der Waals surface area contributed by atoms with Crippen LogP contribution in [0.15, 0.2) is 27.7 Å². The van der Waals surface area contributed by atoms with Gasteiger partial charge in [0, 0.05) is 10.0 Å². The molecule has 2 nitrogen and oxygen atoms in total. The lowest BCUT2D eigenvalue weighted by atomic mass is 10.1. The van der Waals surface area contributed by atoms with Crippen LogP contribution in [0.4, 0.5) is 0 Å². The summed E-state index contributed by atoms with van der Waals surface area (Å²) in [5, 5.41) is 0. The molecule has 0 spiro atoms. The molecular formula is C11H13BrN2. The maximum absolute atomic E-state index is 5.88. The Kier molecular flexibility index (Phi) is 2.59. The Morgan fingerprint density at radius 2 is 2.21 bits per heavy atom. The number of nitrogens with two attached hydrogens (primary N) is 1. The molecule has 0 amide bonds. The first kappa shape index (κ1) is 9.71. The predicted molar refractivity (Wildman–Crippen MR) is 62.6 cm³/mol. The largest absolute Gasteiger partial charge is 0.383 e. The van der Waals surface area contributed by atoms with Gasteiger partial charge in [-0.2, -0.15) is 0 Å². The fourth-order valence-corrected chi connectivity index (χ4v) is 1.61. The third kappa shape index (κ3) is 2.15. The van der Waals surface area contributed by atoms with Gasteiger partial charge in [0.2, 0.25) is 0 Å². The van der Waals surface area contributed by atoms with Gasteiger partial charge in [0.05, 0.1) is 6.04 Å². The Bertz CT molecular complexity index is 381. The Labute approximate surface area is 92.4 Å². The number of halogens is 1. The molecule has 0 unspecified atom stereocenters. The van der Waals surface area contributed by atoms with Crippen molar-refractivity contribution in [2.45, 2.75) is 25.8 Å². The molecule has 1 fully saturated rings. The van der Waals surface area contributed by atoms with Gasteiger partial charge in [-0.05, 0) is 31.4 Å². The van der Waals surface area contributed by atoms with E-state index in [4.69, 9.17) is 5.73 Å². The highest BCUT2D eigenvalue weighted by Crippen LogP contribution is 2.24. The van der Waals surface area contributed by atoms with Crippen LogP contribution in [-0.4, -0.2) is 11.9 Å². The van der Waals surface area contributed by atoms with E-state index in [-0.39, 0.29) is 0 Å². The van der Waals surface area contributed by atoms with Crippen molar-refractivity contribution in [1.29, 1.82) is 0 Å². The Morgan fingerprint density at radius 1 is 1.50 bits per heavy atom. The van der Waals surface area contributed by atoms with Gasteiger partial charge in [-0.25, -0.2) is 0 Å². The number of rotatable bonds is 2. The molecule has 3 heteroatoms. The molecule has 0 atom stereocenters. The Morgan fingerprint density at radius 3 is 2.79 bits per heavy atom. The highest BCUT2D eigenvalue weighted by molar-refractivity contribution is 9.10. The second kappa shape index (κ2) is 3.73. The number of aryl methyl sites for hydroxylation is 1. The van der Waals surface area contributed by atoms with E-state index in [2.05, 4.69) is 33.9 Å². The topological polar surface area (TPSA) is 38.4 Å². The molecule has 0 bridgehead atoms. The van der Waals surface area contributed by atoms with Crippen LogP contribution in [0.1, 0.15) is 24.0 Å². The number of hydrogen-bond acceptors (Lipinski definition) is 1. The number of nitrogens with zero attached hydrogens (tertiary/aromatic N) is 1. The first-order valence-electron chi connectivity index (χ1n) is 4.76. The van der Waals surface area contributed by atoms with Crippen molar-refractivity contribution in [1.82, 2.24) is 0 Å². The van der Waals surface area contributed by atoms with Gasteiger partial charge >= 0.3 is 0 Å². The van der Waals surface area contributed by atoms with Crippen LogP contribution in [0.2, 0.25) is 0 Å². The van der Waals surface area contributed by atoms with E-state index in [0.717, 1.165) is 10.0 Å². The van der Waals surface area contributed by atoms with Gasteiger partial charge in [0.1, 0.15) is 5.84 Å². The molecule has 0 heterocycles. The molecule has 1 aliphatic carbocycles. The Hall–Kier alpha value is -0.830. The number of aliphatic imine (C=N–C) groups is 1. The van der Waals surface area contributed by atoms with Gasteiger partial charge in [0.25, 0.3) is 0 Å². The van der Waals surface area contributed by atoms with Gasteiger partial charge in [-0.1, -0.05) is 28.1 Å². The van der Waals surface area contributed by atoms with Crippen LogP contribution in [-0.2, 0) is 0 Å². The number of benzene rings is 1. The molecule has 0 saturated heterocycles. The van der Waals surface area contributed by atoms with Crippen LogP contribution in [0.25, 0.3) is 0 Å². The molecule has 2 N–H and O–H groups in total. The van der Waals surface area contributed by atoms with Gasteiger partial charge in [0.15, 0.2) is 0 Å². The van der Waals surface area contributed by atoms with Crippen LogP contribution < -0.4 is 5.73 Å². The minimum Gasteiger partial charge on any atom is -0.383 e. The monoisotopic (exact) mass is 252 g/mol. The maximum Gasteiger partial charge on any atom is 0.125 e. The molecule has 0 aliphatic heterocycles. The van der Waals surface area contributed by atoms with E-state index in [0.29, 0.717) is 11.9 Å². The summed E-state index contributed by atoms with van der Waals surface area (Å²) >= 11 is 3.49. The van der Waals surface area contributed by atoms with Gasteiger partial charge < -0.3 is 5.73 Å². The van der Waals surface area contributed by atoms with Crippen molar-refractivity contribution in [2.75, 3.05) is 0 Å². The highest BCUT2D eigenvalue weighted by Gasteiger charge is 2.20. The average Bonchev–Trinajstić information content (AvgIpc) is 2.93. The van der Waals surface area contributed by atoms with Gasteiger partial charge in [-0.3, -0.25) is 4.99 Å². The molecule has 0 aromatic heterocycles. The summed E-state index contributed by atoms with van der Waals surface area (Å²) in [5.41, 5.74) is 8.11. The lowest BCUT2D eigenvalue weighted by Gasteiger charge is -2.03. The molecular weight excluding hydrogens is 240 g/mol. The molecule has 14 heavy (non-hydrogen) atoms. The molecule has 1 aliphatic rings. The maximum atomic E-state index is 5.88. The van der Waals surface area contributed by atoms with Crippen molar-refractivity contribution < 1.29 is 0 Å². The lowest BCUT2D eigenvalue weighted by molar-refractivity contribution is 1.06.